The number of nitrogens with one attached hydrogen (secondary N) is 2. The van der Waals surface area contributed by atoms with Gasteiger partial charge in [-0.3, -0.25) is 10.1 Å². The minimum atomic E-state index is -0.889. The molecular weight excluding hydrogens is 290 g/mol. The molecule has 7 heteroatoms. The number of hydrogen-bond acceptors (Lipinski definition) is 4. The predicted octanol–water partition coefficient (Wildman–Crippen LogP) is 3.13. The van der Waals surface area contributed by atoms with Crippen molar-refractivity contribution in [3.05, 3.63) is 11.1 Å². The van der Waals surface area contributed by atoms with E-state index in [-0.39, 0.29) is 12.5 Å². The maximum absolute atomic E-state index is 11.8. The van der Waals surface area contributed by atoms with Crippen LogP contribution < -0.4 is 10.6 Å². The smallest absolute Gasteiger partial charge is 0.321 e. The van der Waals surface area contributed by atoms with Crippen molar-refractivity contribution in [3.8, 4) is 0 Å². The van der Waals surface area contributed by atoms with Crippen LogP contribution in [0.25, 0.3) is 0 Å². The zero-order valence-corrected chi connectivity index (χ0v) is 13.7. The van der Waals surface area contributed by atoms with E-state index in [0.717, 1.165) is 5.69 Å². The van der Waals surface area contributed by atoms with E-state index in [1.807, 2.05) is 33.1 Å². The highest BCUT2D eigenvalue weighted by Gasteiger charge is 2.19. The molecule has 0 fully saturated rings. The molecule has 0 saturated carbocycles. The van der Waals surface area contributed by atoms with E-state index in [0.29, 0.717) is 17.5 Å². The molecule has 0 radical (unpaired) electrons. The van der Waals surface area contributed by atoms with Crippen molar-refractivity contribution in [3.63, 3.8) is 0 Å². The fraction of sp³-hybridized carbons (Fsp3) is 0.643. The summed E-state index contributed by atoms with van der Waals surface area (Å²) in [6.07, 6.45) is 0.532. The van der Waals surface area contributed by atoms with Crippen molar-refractivity contribution < 1.29 is 14.7 Å². The molecule has 0 saturated heterocycles. The first-order chi connectivity index (χ1) is 9.79. The zero-order chi connectivity index (χ0) is 16.0. The molecule has 3 N–H and O–H groups in total. The van der Waals surface area contributed by atoms with Crippen LogP contribution in [0, 0.1) is 11.8 Å². The maximum Gasteiger partial charge on any atom is 0.321 e. The summed E-state index contributed by atoms with van der Waals surface area (Å²) >= 11 is 1.36. The average molecular weight is 313 g/mol. The van der Waals surface area contributed by atoms with Crippen LogP contribution in [0.1, 0.15) is 45.7 Å². The Labute approximate surface area is 129 Å². The van der Waals surface area contributed by atoms with Gasteiger partial charge in [0, 0.05) is 11.9 Å². The summed E-state index contributed by atoms with van der Waals surface area (Å²) in [5, 5.41) is 16.8. The van der Waals surface area contributed by atoms with Crippen LogP contribution in [0.2, 0.25) is 0 Å². The molecule has 1 aromatic rings. The van der Waals surface area contributed by atoms with Crippen molar-refractivity contribution in [2.24, 2.45) is 11.8 Å². The summed E-state index contributed by atoms with van der Waals surface area (Å²) in [5.41, 5.74) is 0.929. The minimum Gasteiger partial charge on any atom is -0.481 e. The third-order valence-corrected chi connectivity index (χ3v) is 3.72. The van der Waals surface area contributed by atoms with Crippen molar-refractivity contribution >= 4 is 28.5 Å². The highest BCUT2D eigenvalue weighted by Crippen LogP contribution is 2.21. The van der Waals surface area contributed by atoms with E-state index in [9.17, 15) is 9.59 Å². The normalized spacial score (nSPS) is 12.5. The Morgan fingerprint density at radius 2 is 2.00 bits per heavy atom. The number of carboxylic acid groups (broad SMARTS) is 1. The lowest BCUT2D eigenvalue weighted by Crippen LogP contribution is -2.36. The molecule has 0 spiro atoms. The first kappa shape index (κ1) is 17.4. The topological polar surface area (TPSA) is 91.3 Å². The highest BCUT2D eigenvalue weighted by molar-refractivity contribution is 7.13. The van der Waals surface area contributed by atoms with E-state index < -0.39 is 17.9 Å². The van der Waals surface area contributed by atoms with Gasteiger partial charge in [-0.15, -0.1) is 11.3 Å². The van der Waals surface area contributed by atoms with Gasteiger partial charge in [0.1, 0.15) is 0 Å². The van der Waals surface area contributed by atoms with Gasteiger partial charge in [0.25, 0.3) is 0 Å². The number of amides is 2. The Hall–Kier alpha value is -1.63. The van der Waals surface area contributed by atoms with E-state index in [2.05, 4.69) is 15.6 Å². The summed E-state index contributed by atoms with van der Waals surface area (Å²) in [6, 6.07) is -0.422. The molecule has 0 aromatic carbocycles. The predicted molar refractivity (Wildman–Crippen MR) is 83.8 cm³/mol. The largest absolute Gasteiger partial charge is 0.481 e. The number of aliphatic carboxylic acids is 1. The molecule has 0 bridgehead atoms. The lowest BCUT2D eigenvalue weighted by molar-refractivity contribution is -0.142. The molecule has 2 amide bonds. The van der Waals surface area contributed by atoms with E-state index in [1.54, 1.807) is 0 Å². The van der Waals surface area contributed by atoms with Gasteiger partial charge in [0.05, 0.1) is 11.6 Å². The summed E-state index contributed by atoms with van der Waals surface area (Å²) < 4.78 is 0. The van der Waals surface area contributed by atoms with Crippen LogP contribution in [0.3, 0.4) is 0 Å². The Kier molecular flexibility index (Phi) is 6.61. The van der Waals surface area contributed by atoms with Gasteiger partial charge in [-0.25, -0.2) is 9.78 Å². The Bertz CT molecular complexity index is 486. The van der Waals surface area contributed by atoms with Gasteiger partial charge in [0.2, 0.25) is 0 Å². The van der Waals surface area contributed by atoms with Crippen LogP contribution >= 0.6 is 11.3 Å². The van der Waals surface area contributed by atoms with Gasteiger partial charge in [-0.1, -0.05) is 27.7 Å². The molecule has 1 aromatic heterocycles. The third kappa shape index (κ3) is 6.12. The van der Waals surface area contributed by atoms with Gasteiger partial charge in [-0.05, 0) is 18.3 Å². The summed E-state index contributed by atoms with van der Waals surface area (Å²) in [4.78, 5) is 27.1. The van der Waals surface area contributed by atoms with Crippen LogP contribution in [-0.4, -0.2) is 28.6 Å². The Morgan fingerprint density at radius 3 is 2.48 bits per heavy atom. The molecule has 0 aliphatic heterocycles. The molecule has 0 aliphatic carbocycles. The number of urea groups is 1. The molecule has 1 rings (SSSR count). The number of carbonyl (C=O) groups excluding carboxylic acids is 1. The van der Waals surface area contributed by atoms with Crippen molar-refractivity contribution in [1.29, 1.82) is 0 Å². The number of anilines is 1. The molecule has 1 atom stereocenters. The minimum absolute atomic E-state index is 0.113. The fourth-order valence-electron chi connectivity index (χ4n) is 1.81. The molecule has 118 valence electrons. The standard InChI is InChI=1S/C14H23N3O3S/c1-8(2)5-10(12(18)19)6-15-13(20)17-14-16-11(7-21-14)9(3)4/h7-10H,5-6H2,1-4H3,(H,18,19)(H2,15,16,17,20). The van der Waals surface area contributed by atoms with Gasteiger partial charge in [0.15, 0.2) is 5.13 Å². The van der Waals surface area contributed by atoms with Gasteiger partial charge >= 0.3 is 12.0 Å². The molecule has 1 unspecified atom stereocenters. The summed E-state index contributed by atoms with van der Waals surface area (Å²) in [5.74, 6) is -0.885. The fourth-order valence-corrected chi connectivity index (χ4v) is 2.67. The number of hydrogen-bond donors (Lipinski definition) is 3. The SMILES string of the molecule is CC(C)CC(CNC(=O)Nc1nc(C(C)C)cs1)C(=O)O. The molecule has 0 aliphatic rings. The van der Waals surface area contributed by atoms with Crippen molar-refractivity contribution in [1.82, 2.24) is 10.3 Å². The number of rotatable bonds is 7. The summed E-state index contributed by atoms with van der Waals surface area (Å²) in [6.45, 7) is 8.09. The molecular formula is C14H23N3O3S. The summed E-state index contributed by atoms with van der Waals surface area (Å²) in [7, 11) is 0. The number of thiazole rings is 1. The number of aromatic nitrogens is 1. The van der Waals surface area contributed by atoms with Crippen LogP contribution in [0.4, 0.5) is 9.93 Å². The number of carboxylic acids is 1. The second-order valence-electron chi connectivity index (χ2n) is 5.73. The van der Waals surface area contributed by atoms with Crippen LogP contribution in [0.15, 0.2) is 5.38 Å². The van der Waals surface area contributed by atoms with Crippen LogP contribution in [0.5, 0.6) is 0 Å². The number of nitrogens with zero attached hydrogens (tertiary/aromatic N) is 1. The first-order valence-electron chi connectivity index (χ1n) is 7.02. The van der Waals surface area contributed by atoms with Crippen LogP contribution in [-0.2, 0) is 4.79 Å². The lowest BCUT2D eigenvalue weighted by Gasteiger charge is -2.15. The average Bonchev–Trinajstić information content (AvgIpc) is 2.82. The second kappa shape index (κ2) is 7.97. The second-order valence-corrected chi connectivity index (χ2v) is 6.59. The maximum atomic E-state index is 11.8. The lowest BCUT2D eigenvalue weighted by atomic mass is 9.97. The van der Waals surface area contributed by atoms with Gasteiger partial charge < -0.3 is 10.4 Å². The quantitative estimate of drug-likeness (QED) is 0.721. The third-order valence-electron chi connectivity index (χ3n) is 2.95. The highest BCUT2D eigenvalue weighted by atomic mass is 32.1. The van der Waals surface area contributed by atoms with Gasteiger partial charge in [-0.2, -0.15) is 0 Å². The first-order valence-corrected chi connectivity index (χ1v) is 7.90. The van der Waals surface area contributed by atoms with E-state index in [1.165, 1.54) is 11.3 Å². The zero-order valence-electron chi connectivity index (χ0n) is 12.8. The van der Waals surface area contributed by atoms with Crippen molar-refractivity contribution in [2.45, 2.75) is 40.0 Å². The Balaban J connectivity index is 2.46. The molecule has 1 heterocycles. The van der Waals surface area contributed by atoms with E-state index in [4.69, 9.17) is 5.11 Å². The Morgan fingerprint density at radius 1 is 1.33 bits per heavy atom. The monoisotopic (exact) mass is 313 g/mol. The van der Waals surface area contributed by atoms with E-state index >= 15 is 0 Å². The molecule has 6 nitrogen and oxygen atoms in total. The van der Waals surface area contributed by atoms with Crippen molar-refractivity contribution in [2.75, 3.05) is 11.9 Å². The number of carbonyl (C=O) groups is 2. The molecule has 21 heavy (non-hydrogen) atoms.